The summed E-state index contributed by atoms with van der Waals surface area (Å²) in [5.74, 6) is 0.886. The maximum Gasteiger partial charge on any atom is 0.160 e. The minimum atomic E-state index is 0.860. The fraction of sp³-hybridized carbons (Fsp3) is 0.471. The predicted octanol–water partition coefficient (Wildman–Crippen LogP) is 3.25. The number of ether oxygens (including phenoxy) is 1. The number of aryl methyl sites for hydroxylation is 2. The Morgan fingerprint density at radius 3 is 3.10 bits per heavy atom. The van der Waals surface area contributed by atoms with Crippen LogP contribution in [0.1, 0.15) is 36.6 Å². The number of para-hydroxylation sites is 1. The van der Waals surface area contributed by atoms with Gasteiger partial charge in [-0.15, -0.1) is 0 Å². The number of nitrogens with one attached hydrogen (secondary N) is 1. The van der Waals surface area contributed by atoms with Crippen molar-refractivity contribution in [2.45, 2.75) is 39.2 Å². The number of rotatable bonds is 5. The van der Waals surface area contributed by atoms with Gasteiger partial charge in [-0.2, -0.15) is 5.10 Å². The van der Waals surface area contributed by atoms with Gasteiger partial charge >= 0.3 is 0 Å². The van der Waals surface area contributed by atoms with Gasteiger partial charge in [-0.25, -0.2) is 0 Å². The number of aromatic nitrogens is 2. The average Bonchev–Trinajstić information content (AvgIpc) is 2.90. The van der Waals surface area contributed by atoms with E-state index in [2.05, 4.69) is 40.2 Å². The van der Waals surface area contributed by atoms with Crippen molar-refractivity contribution in [3.8, 4) is 5.75 Å². The molecule has 112 valence electrons. The van der Waals surface area contributed by atoms with E-state index >= 15 is 0 Å². The molecule has 0 atom stereocenters. The van der Waals surface area contributed by atoms with E-state index in [-0.39, 0.29) is 0 Å². The van der Waals surface area contributed by atoms with Crippen molar-refractivity contribution in [1.29, 1.82) is 0 Å². The normalized spacial score (nSPS) is 13.6. The molecule has 2 heterocycles. The highest BCUT2D eigenvalue weighted by atomic mass is 16.5. The lowest BCUT2D eigenvalue weighted by atomic mass is 9.97. The van der Waals surface area contributed by atoms with Crippen LogP contribution in [0.5, 0.6) is 5.75 Å². The summed E-state index contributed by atoms with van der Waals surface area (Å²) < 4.78 is 7.56. The van der Waals surface area contributed by atoms with Crippen LogP contribution >= 0.6 is 0 Å². The summed E-state index contributed by atoms with van der Waals surface area (Å²) in [5, 5.41) is 8.02. The molecule has 0 saturated carbocycles. The van der Waals surface area contributed by atoms with Crippen LogP contribution in [-0.2, 0) is 19.4 Å². The van der Waals surface area contributed by atoms with Gasteiger partial charge in [0.25, 0.3) is 0 Å². The lowest BCUT2D eigenvalue weighted by molar-refractivity contribution is 0.408. The van der Waals surface area contributed by atoms with Gasteiger partial charge in [0.1, 0.15) is 0 Å². The van der Waals surface area contributed by atoms with E-state index in [4.69, 9.17) is 4.74 Å². The Hall–Kier alpha value is -1.97. The van der Waals surface area contributed by atoms with E-state index in [0.29, 0.717) is 0 Å². The van der Waals surface area contributed by atoms with Crippen molar-refractivity contribution in [1.82, 2.24) is 9.78 Å². The number of fused-ring (bicyclic) bond motifs is 1. The Balaban J connectivity index is 1.95. The van der Waals surface area contributed by atoms with Gasteiger partial charge in [0.15, 0.2) is 5.75 Å². The molecule has 0 fully saturated rings. The Labute approximate surface area is 126 Å². The molecule has 0 saturated heterocycles. The van der Waals surface area contributed by atoms with Gasteiger partial charge in [-0.1, -0.05) is 25.1 Å². The second kappa shape index (κ2) is 6.20. The Bertz CT molecular complexity index is 618. The van der Waals surface area contributed by atoms with Gasteiger partial charge < -0.3 is 10.1 Å². The highest BCUT2D eigenvalue weighted by molar-refractivity contribution is 5.60. The minimum Gasteiger partial charge on any atom is -0.493 e. The molecule has 1 N–H and O–H groups in total. The van der Waals surface area contributed by atoms with Crippen LogP contribution in [0, 0.1) is 0 Å². The zero-order valence-electron chi connectivity index (χ0n) is 12.9. The first-order valence-corrected chi connectivity index (χ1v) is 7.76. The average molecular weight is 285 g/mol. The molecule has 21 heavy (non-hydrogen) atoms. The molecule has 0 spiro atoms. The standard InChI is InChI=1S/C17H23N3O/c1-3-10-20-15(16(21-2)12-19-20)11-14-7-4-6-13-8-5-9-18-17(13)14/h4,6-7,12,18H,3,5,8-11H2,1-2H3. The van der Waals surface area contributed by atoms with Crippen molar-refractivity contribution in [2.75, 3.05) is 19.0 Å². The number of hydrogen-bond donors (Lipinski definition) is 1. The second-order valence-corrected chi connectivity index (χ2v) is 5.54. The first-order chi connectivity index (χ1) is 10.3. The monoisotopic (exact) mass is 285 g/mol. The zero-order chi connectivity index (χ0) is 14.7. The van der Waals surface area contributed by atoms with Crippen molar-refractivity contribution in [3.63, 3.8) is 0 Å². The lowest BCUT2D eigenvalue weighted by Crippen LogP contribution is -2.14. The minimum absolute atomic E-state index is 0.860. The highest BCUT2D eigenvalue weighted by Gasteiger charge is 2.17. The largest absolute Gasteiger partial charge is 0.493 e. The molecule has 1 aromatic heterocycles. The SMILES string of the molecule is CCCn1ncc(OC)c1Cc1cccc2c1NCCC2. The third-order valence-electron chi connectivity index (χ3n) is 4.09. The Morgan fingerprint density at radius 1 is 1.38 bits per heavy atom. The molecule has 0 unspecified atom stereocenters. The molecule has 1 aliphatic heterocycles. The summed E-state index contributed by atoms with van der Waals surface area (Å²) in [4.78, 5) is 0. The zero-order valence-corrected chi connectivity index (χ0v) is 12.9. The molecule has 1 aromatic carbocycles. The van der Waals surface area contributed by atoms with Gasteiger partial charge in [-0.3, -0.25) is 4.68 Å². The summed E-state index contributed by atoms with van der Waals surface area (Å²) in [7, 11) is 1.72. The molecular formula is C17H23N3O. The number of benzene rings is 1. The van der Waals surface area contributed by atoms with Gasteiger partial charge in [0, 0.05) is 25.2 Å². The predicted molar refractivity (Wildman–Crippen MR) is 85.1 cm³/mol. The van der Waals surface area contributed by atoms with Crippen LogP contribution < -0.4 is 10.1 Å². The van der Waals surface area contributed by atoms with E-state index in [1.54, 1.807) is 7.11 Å². The lowest BCUT2D eigenvalue weighted by Gasteiger charge is -2.21. The summed E-state index contributed by atoms with van der Waals surface area (Å²) in [5.41, 5.74) is 5.25. The van der Waals surface area contributed by atoms with E-state index in [9.17, 15) is 0 Å². The quantitative estimate of drug-likeness (QED) is 0.916. The Morgan fingerprint density at radius 2 is 2.29 bits per heavy atom. The van der Waals surface area contributed by atoms with Crippen molar-refractivity contribution >= 4 is 5.69 Å². The van der Waals surface area contributed by atoms with E-state index < -0.39 is 0 Å². The number of hydrogen-bond acceptors (Lipinski definition) is 3. The van der Waals surface area contributed by atoms with Crippen molar-refractivity contribution in [3.05, 3.63) is 41.2 Å². The molecule has 1 aliphatic rings. The van der Waals surface area contributed by atoms with Crippen LogP contribution in [-0.4, -0.2) is 23.4 Å². The summed E-state index contributed by atoms with van der Waals surface area (Å²) >= 11 is 0. The molecule has 4 heteroatoms. The molecule has 0 radical (unpaired) electrons. The first kappa shape index (κ1) is 14.0. The molecular weight excluding hydrogens is 262 g/mol. The van der Waals surface area contributed by atoms with Crippen molar-refractivity contribution < 1.29 is 4.74 Å². The molecule has 0 bridgehead atoms. The van der Waals surface area contributed by atoms with Gasteiger partial charge in [0.2, 0.25) is 0 Å². The third-order valence-corrected chi connectivity index (χ3v) is 4.09. The fourth-order valence-corrected chi connectivity index (χ4v) is 3.06. The summed E-state index contributed by atoms with van der Waals surface area (Å²) in [6.07, 6.45) is 6.14. The molecule has 2 aromatic rings. The third kappa shape index (κ3) is 2.75. The fourth-order valence-electron chi connectivity index (χ4n) is 3.06. The second-order valence-electron chi connectivity index (χ2n) is 5.54. The number of nitrogens with zero attached hydrogens (tertiary/aromatic N) is 2. The number of methoxy groups -OCH3 is 1. The maximum absolute atomic E-state index is 5.48. The molecule has 0 aliphatic carbocycles. The van der Waals surface area contributed by atoms with Crippen LogP contribution in [0.15, 0.2) is 24.4 Å². The van der Waals surface area contributed by atoms with Crippen LogP contribution in [0.3, 0.4) is 0 Å². The highest BCUT2D eigenvalue weighted by Crippen LogP contribution is 2.30. The van der Waals surface area contributed by atoms with Crippen LogP contribution in [0.25, 0.3) is 0 Å². The van der Waals surface area contributed by atoms with E-state index in [0.717, 1.165) is 31.7 Å². The topological polar surface area (TPSA) is 39.1 Å². The maximum atomic E-state index is 5.48. The van der Waals surface area contributed by atoms with E-state index in [1.807, 2.05) is 6.20 Å². The van der Waals surface area contributed by atoms with Crippen molar-refractivity contribution in [2.24, 2.45) is 0 Å². The molecule has 0 amide bonds. The van der Waals surface area contributed by atoms with Crippen LogP contribution in [0.2, 0.25) is 0 Å². The first-order valence-electron chi connectivity index (χ1n) is 7.76. The summed E-state index contributed by atoms with van der Waals surface area (Å²) in [6, 6.07) is 6.60. The summed E-state index contributed by atoms with van der Waals surface area (Å²) in [6.45, 7) is 4.17. The van der Waals surface area contributed by atoms with Crippen LogP contribution in [0.4, 0.5) is 5.69 Å². The van der Waals surface area contributed by atoms with Gasteiger partial charge in [0.05, 0.1) is 19.0 Å². The smallest absolute Gasteiger partial charge is 0.160 e. The molecule has 3 rings (SSSR count). The van der Waals surface area contributed by atoms with E-state index in [1.165, 1.54) is 35.3 Å². The Kier molecular flexibility index (Phi) is 4.13. The van der Waals surface area contributed by atoms with Gasteiger partial charge in [-0.05, 0) is 30.4 Å². The molecule has 4 nitrogen and oxygen atoms in total. The number of anilines is 1.